The lowest BCUT2D eigenvalue weighted by Crippen LogP contribution is -2.44. The molecule has 2 aliphatic rings. The van der Waals surface area contributed by atoms with E-state index in [0.717, 1.165) is 11.3 Å². The molecule has 0 radical (unpaired) electrons. The summed E-state index contributed by atoms with van der Waals surface area (Å²) in [6, 6.07) is 11.3. The summed E-state index contributed by atoms with van der Waals surface area (Å²) in [4.78, 5) is 0. The minimum Gasteiger partial charge on any atom is -0.381 e. The maximum absolute atomic E-state index is 9.20. The lowest BCUT2D eigenvalue weighted by atomic mass is 9.88. The molecule has 0 spiro atoms. The third kappa shape index (κ3) is 2.81. The van der Waals surface area contributed by atoms with Gasteiger partial charge in [0, 0.05) is 12.1 Å². The molecule has 106 valence electrons. The molecule has 1 aliphatic carbocycles. The summed E-state index contributed by atoms with van der Waals surface area (Å²) in [5, 5.41) is 16.6. The third-order valence-corrected chi connectivity index (χ3v) is 4.82. The van der Waals surface area contributed by atoms with E-state index in [4.69, 9.17) is 0 Å². The fraction of sp³-hybridized carbons (Fsp3) is 0.588. The summed E-state index contributed by atoms with van der Waals surface area (Å²) in [5.41, 5.74) is 1.76. The van der Waals surface area contributed by atoms with E-state index < -0.39 is 0 Å². The van der Waals surface area contributed by atoms with Crippen LogP contribution in [-0.2, 0) is 0 Å². The average Bonchev–Trinajstić information content (AvgIpc) is 2.97. The van der Waals surface area contributed by atoms with Crippen molar-refractivity contribution in [2.45, 2.75) is 50.6 Å². The number of nitrogens with zero attached hydrogens (tertiary/aromatic N) is 1. The SMILES string of the molecule is N#Cc1ccccc1NC1CCCC1C1CCCCN1. The lowest BCUT2D eigenvalue weighted by Gasteiger charge is -2.33. The topological polar surface area (TPSA) is 47.9 Å². The molecule has 3 unspecified atom stereocenters. The molecule has 1 aromatic carbocycles. The molecule has 1 saturated heterocycles. The summed E-state index contributed by atoms with van der Waals surface area (Å²) >= 11 is 0. The van der Waals surface area contributed by atoms with E-state index in [1.165, 1.54) is 45.1 Å². The van der Waals surface area contributed by atoms with Crippen molar-refractivity contribution in [2.75, 3.05) is 11.9 Å². The summed E-state index contributed by atoms with van der Waals surface area (Å²) in [6.45, 7) is 1.17. The van der Waals surface area contributed by atoms with Crippen molar-refractivity contribution in [1.82, 2.24) is 5.32 Å². The van der Waals surface area contributed by atoms with Crippen molar-refractivity contribution in [2.24, 2.45) is 5.92 Å². The predicted molar refractivity (Wildman–Crippen MR) is 81.6 cm³/mol. The maximum atomic E-state index is 9.20. The summed E-state index contributed by atoms with van der Waals surface area (Å²) in [6.07, 6.45) is 7.82. The molecule has 1 aliphatic heterocycles. The first-order valence-electron chi connectivity index (χ1n) is 7.87. The Hall–Kier alpha value is -1.53. The van der Waals surface area contributed by atoms with E-state index in [-0.39, 0.29) is 0 Å². The number of nitrogens with one attached hydrogen (secondary N) is 2. The first kappa shape index (κ1) is 13.5. The highest BCUT2D eigenvalue weighted by molar-refractivity contribution is 5.57. The summed E-state index contributed by atoms with van der Waals surface area (Å²) in [7, 11) is 0. The van der Waals surface area contributed by atoms with E-state index in [0.29, 0.717) is 18.0 Å². The van der Waals surface area contributed by atoms with Crippen LogP contribution in [0.5, 0.6) is 0 Å². The van der Waals surface area contributed by atoms with Crippen LogP contribution in [0.15, 0.2) is 24.3 Å². The van der Waals surface area contributed by atoms with Crippen molar-refractivity contribution in [3.8, 4) is 6.07 Å². The van der Waals surface area contributed by atoms with Crippen molar-refractivity contribution in [1.29, 1.82) is 5.26 Å². The molecule has 0 amide bonds. The number of nitriles is 1. The quantitative estimate of drug-likeness (QED) is 0.885. The van der Waals surface area contributed by atoms with Crippen LogP contribution in [0.2, 0.25) is 0 Å². The second-order valence-corrected chi connectivity index (χ2v) is 6.06. The van der Waals surface area contributed by atoms with Crippen LogP contribution in [0.3, 0.4) is 0 Å². The molecule has 2 N–H and O–H groups in total. The van der Waals surface area contributed by atoms with Gasteiger partial charge in [0.25, 0.3) is 0 Å². The molecule has 2 fully saturated rings. The van der Waals surface area contributed by atoms with Gasteiger partial charge in [-0.05, 0) is 50.3 Å². The zero-order chi connectivity index (χ0) is 13.8. The summed E-state index contributed by atoms with van der Waals surface area (Å²) < 4.78 is 0. The number of para-hydroxylation sites is 1. The zero-order valence-electron chi connectivity index (χ0n) is 11.9. The number of benzene rings is 1. The molecule has 1 saturated carbocycles. The molecular weight excluding hydrogens is 246 g/mol. The second-order valence-electron chi connectivity index (χ2n) is 6.06. The van der Waals surface area contributed by atoms with Gasteiger partial charge >= 0.3 is 0 Å². The first-order chi connectivity index (χ1) is 9.88. The first-order valence-corrected chi connectivity index (χ1v) is 7.87. The molecule has 3 rings (SSSR count). The number of piperidine rings is 1. The van der Waals surface area contributed by atoms with Gasteiger partial charge in [-0.1, -0.05) is 25.0 Å². The lowest BCUT2D eigenvalue weighted by molar-refractivity contribution is 0.286. The van der Waals surface area contributed by atoms with Crippen LogP contribution in [-0.4, -0.2) is 18.6 Å². The smallest absolute Gasteiger partial charge is 0.101 e. The van der Waals surface area contributed by atoms with Gasteiger partial charge in [-0.3, -0.25) is 0 Å². The Kier molecular flexibility index (Phi) is 4.22. The Morgan fingerprint density at radius 3 is 2.80 bits per heavy atom. The van der Waals surface area contributed by atoms with Gasteiger partial charge in [0.15, 0.2) is 0 Å². The molecule has 1 heterocycles. The van der Waals surface area contributed by atoms with Crippen LogP contribution < -0.4 is 10.6 Å². The highest BCUT2D eigenvalue weighted by Crippen LogP contribution is 2.34. The molecule has 20 heavy (non-hydrogen) atoms. The molecule has 0 aromatic heterocycles. The molecular formula is C17H23N3. The zero-order valence-corrected chi connectivity index (χ0v) is 11.9. The van der Waals surface area contributed by atoms with Gasteiger partial charge in [0.05, 0.1) is 11.3 Å². The highest BCUT2D eigenvalue weighted by Gasteiger charge is 2.34. The number of hydrogen-bond donors (Lipinski definition) is 2. The second kappa shape index (κ2) is 6.28. The molecule has 3 nitrogen and oxygen atoms in total. The van der Waals surface area contributed by atoms with Crippen LogP contribution in [0.1, 0.15) is 44.1 Å². The fourth-order valence-corrected chi connectivity index (χ4v) is 3.80. The molecule has 0 bridgehead atoms. The fourth-order valence-electron chi connectivity index (χ4n) is 3.80. The van der Waals surface area contributed by atoms with Crippen molar-refractivity contribution in [3.63, 3.8) is 0 Å². The van der Waals surface area contributed by atoms with Gasteiger partial charge in [0.1, 0.15) is 6.07 Å². The number of hydrogen-bond acceptors (Lipinski definition) is 3. The van der Waals surface area contributed by atoms with Gasteiger partial charge < -0.3 is 10.6 Å². The Labute approximate surface area is 121 Å². The van der Waals surface area contributed by atoms with Gasteiger partial charge in [-0.2, -0.15) is 5.26 Å². The predicted octanol–water partition coefficient (Wildman–Crippen LogP) is 3.28. The van der Waals surface area contributed by atoms with E-state index in [9.17, 15) is 5.26 Å². The average molecular weight is 269 g/mol. The Morgan fingerprint density at radius 1 is 1.10 bits per heavy atom. The minimum atomic E-state index is 0.514. The van der Waals surface area contributed by atoms with E-state index in [1.54, 1.807) is 0 Å². The van der Waals surface area contributed by atoms with Crippen LogP contribution in [0, 0.1) is 17.2 Å². The van der Waals surface area contributed by atoms with Crippen molar-refractivity contribution in [3.05, 3.63) is 29.8 Å². The molecule has 3 heteroatoms. The van der Waals surface area contributed by atoms with Crippen molar-refractivity contribution >= 4 is 5.69 Å². The van der Waals surface area contributed by atoms with Crippen LogP contribution >= 0.6 is 0 Å². The van der Waals surface area contributed by atoms with E-state index >= 15 is 0 Å². The Balaban J connectivity index is 1.71. The molecule has 3 atom stereocenters. The van der Waals surface area contributed by atoms with E-state index in [1.807, 2.05) is 24.3 Å². The normalized spacial score (nSPS) is 29.9. The highest BCUT2D eigenvalue weighted by atomic mass is 15.0. The van der Waals surface area contributed by atoms with E-state index in [2.05, 4.69) is 16.7 Å². The number of anilines is 1. The summed E-state index contributed by atoms with van der Waals surface area (Å²) in [5.74, 6) is 0.710. The van der Waals surface area contributed by atoms with Crippen molar-refractivity contribution < 1.29 is 0 Å². The van der Waals surface area contributed by atoms with Crippen LogP contribution in [0.4, 0.5) is 5.69 Å². The Morgan fingerprint density at radius 2 is 2.00 bits per heavy atom. The standard InChI is InChI=1S/C17H23N3/c18-12-13-6-1-2-8-15(13)20-17-10-5-7-14(17)16-9-3-4-11-19-16/h1-2,6,8,14,16-17,19-20H,3-5,7,9-11H2. The van der Waals surface area contributed by atoms with Gasteiger partial charge in [-0.15, -0.1) is 0 Å². The molecule has 1 aromatic rings. The van der Waals surface area contributed by atoms with Gasteiger partial charge in [-0.25, -0.2) is 0 Å². The largest absolute Gasteiger partial charge is 0.381 e. The third-order valence-electron chi connectivity index (χ3n) is 4.82. The maximum Gasteiger partial charge on any atom is 0.101 e. The Bertz CT molecular complexity index is 485. The van der Waals surface area contributed by atoms with Gasteiger partial charge in [0.2, 0.25) is 0 Å². The minimum absolute atomic E-state index is 0.514. The number of rotatable bonds is 3. The van der Waals surface area contributed by atoms with Crippen LogP contribution in [0.25, 0.3) is 0 Å². The monoisotopic (exact) mass is 269 g/mol.